The van der Waals surface area contributed by atoms with Gasteiger partial charge in [0.15, 0.2) is 0 Å². The minimum absolute atomic E-state index is 0.0390. The van der Waals surface area contributed by atoms with Crippen LogP contribution in [0, 0.1) is 12.7 Å². The fraction of sp³-hybridized carbons (Fsp3) is 0.278. The molecule has 0 heterocycles. The highest BCUT2D eigenvalue weighted by atomic mass is 32.2. The van der Waals surface area contributed by atoms with E-state index < -0.39 is 21.4 Å². The molecule has 0 aromatic heterocycles. The van der Waals surface area contributed by atoms with Gasteiger partial charge in [0.2, 0.25) is 0 Å². The number of carbonyl (C=O) groups excluding carboxylic acids is 1. The molecule has 0 unspecified atom stereocenters. The first-order valence-electron chi connectivity index (χ1n) is 7.96. The molecule has 4 N–H and O–H groups in total. The third-order valence-electron chi connectivity index (χ3n) is 3.80. The second kappa shape index (κ2) is 7.43. The summed E-state index contributed by atoms with van der Waals surface area (Å²) < 4.78 is 40.5. The molecule has 0 radical (unpaired) electrons. The van der Waals surface area contributed by atoms with Crippen molar-refractivity contribution in [1.82, 2.24) is 5.32 Å². The van der Waals surface area contributed by atoms with Crippen LogP contribution in [0.3, 0.4) is 0 Å². The molecular weight excluding hydrogens is 357 g/mol. The predicted octanol–water partition coefficient (Wildman–Crippen LogP) is 2.40. The van der Waals surface area contributed by atoms with Gasteiger partial charge in [-0.2, -0.15) is 0 Å². The molecule has 0 fully saturated rings. The van der Waals surface area contributed by atoms with Gasteiger partial charge in [-0.05, 0) is 68.8 Å². The third kappa shape index (κ3) is 4.80. The molecule has 0 bridgehead atoms. The van der Waals surface area contributed by atoms with Crippen LogP contribution in [0.1, 0.15) is 29.8 Å². The molecule has 0 spiro atoms. The summed E-state index contributed by atoms with van der Waals surface area (Å²) in [6.07, 6.45) is 0. The zero-order valence-corrected chi connectivity index (χ0v) is 15.7. The molecule has 0 aliphatic rings. The normalized spacial score (nSPS) is 11.9. The SMILES string of the molecule is Cc1cc(S(=O)(=O)Nc2ccc(C(=O)NC(C)(C)CN)cc2)ccc1F. The fourth-order valence-corrected chi connectivity index (χ4v) is 3.26. The van der Waals surface area contributed by atoms with Gasteiger partial charge in [0, 0.05) is 23.3 Å². The van der Waals surface area contributed by atoms with Crippen molar-refractivity contribution < 1.29 is 17.6 Å². The van der Waals surface area contributed by atoms with Crippen LogP contribution in [-0.2, 0) is 10.0 Å². The Bertz CT molecular complexity index is 910. The largest absolute Gasteiger partial charge is 0.346 e. The lowest BCUT2D eigenvalue weighted by atomic mass is 10.1. The Kier molecular flexibility index (Phi) is 5.68. The van der Waals surface area contributed by atoms with E-state index in [-0.39, 0.29) is 22.9 Å². The van der Waals surface area contributed by atoms with Crippen LogP contribution in [0.25, 0.3) is 0 Å². The van der Waals surface area contributed by atoms with E-state index in [0.717, 1.165) is 6.07 Å². The van der Waals surface area contributed by atoms with Crippen LogP contribution in [0.4, 0.5) is 10.1 Å². The Morgan fingerprint density at radius 2 is 1.77 bits per heavy atom. The predicted molar refractivity (Wildman–Crippen MR) is 99.0 cm³/mol. The lowest BCUT2D eigenvalue weighted by Crippen LogP contribution is -2.48. The number of carbonyl (C=O) groups is 1. The molecule has 0 atom stereocenters. The summed E-state index contributed by atoms with van der Waals surface area (Å²) in [5, 5.41) is 2.79. The second-order valence-corrected chi connectivity index (χ2v) is 8.32. The van der Waals surface area contributed by atoms with Gasteiger partial charge in [-0.1, -0.05) is 0 Å². The number of sulfonamides is 1. The van der Waals surface area contributed by atoms with E-state index in [1.54, 1.807) is 13.8 Å². The zero-order chi connectivity index (χ0) is 19.5. The van der Waals surface area contributed by atoms with E-state index in [9.17, 15) is 17.6 Å². The summed E-state index contributed by atoms with van der Waals surface area (Å²) in [5.74, 6) is -0.774. The summed E-state index contributed by atoms with van der Waals surface area (Å²) in [7, 11) is -3.85. The molecule has 1 amide bonds. The van der Waals surface area contributed by atoms with E-state index in [1.165, 1.54) is 43.3 Å². The van der Waals surface area contributed by atoms with Crippen molar-refractivity contribution >= 4 is 21.6 Å². The quantitative estimate of drug-likeness (QED) is 0.717. The van der Waals surface area contributed by atoms with Gasteiger partial charge in [-0.25, -0.2) is 12.8 Å². The molecule has 0 saturated carbocycles. The highest BCUT2D eigenvalue weighted by Gasteiger charge is 2.20. The van der Waals surface area contributed by atoms with E-state index in [0.29, 0.717) is 11.3 Å². The lowest BCUT2D eigenvalue weighted by Gasteiger charge is -2.24. The summed E-state index contributed by atoms with van der Waals surface area (Å²) >= 11 is 0. The van der Waals surface area contributed by atoms with Crippen LogP contribution >= 0.6 is 0 Å². The lowest BCUT2D eigenvalue weighted by molar-refractivity contribution is 0.0915. The smallest absolute Gasteiger partial charge is 0.261 e. The van der Waals surface area contributed by atoms with E-state index in [2.05, 4.69) is 10.0 Å². The number of amides is 1. The van der Waals surface area contributed by atoms with Gasteiger partial charge in [0.25, 0.3) is 15.9 Å². The van der Waals surface area contributed by atoms with Gasteiger partial charge < -0.3 is 11.1 Å². The molecule has 0 saturated heterocycles. The first kappa shape index (κ1) is 19.9. The molecule has 140 valence electrons. The number of nitrogens with one attached hydrogen (secondary N) is 2. The van der Waals surface area contributed by atoms with Crippen LogP contribution in [0.5, 0.6) is 0 Å². The van der Waals surface area contributed by atoms with Crippen LogP contribution in [-0.4, -0.2) is 26.4 Å². The van der Waals surface area contributed by atoms with Crippen molar-refractivity contribution in [2.75, 3.05) is 11.3 Å². The summed E-state index contributed by atoms with van der Waals surface area (Å²) in [6, 6.07) is 9.55. The first-order valence-corrected chi connectivity index (χ1v) is 9.44. The van der Waals surface area contributed by atoms with Crippen molar-refractivity contribution in [2.45, 2.75) is 31.2 Å². The Morgan fingerprint density at radius 3 is 2.31 bits per heavy atom. The molecule has 2 aromatic carbocycles. The number of benzene rings is 2. The first-order chi connectivity index (χ1) is 12.0. The zero-order valence-electron chi connectivity index (χ0n) is 14.8. The van der Waals surface area contributed by atoms with Crippen LogP contribution < -0.4 is 15.8 Å². The number of anilines is 1. The molecule has 2 aromatic rings. The fourth-order valence-electron chi connectivity index (χ4n) is 2.12. The van der Waals surface area contributed by atoms with E-state index in [1.807, 2.05) is 0 Å². The van der Waals surface area contributed by atoms with Crippen LogP contribution in [0.2, 0.25) is 0 Å². The number of hydrogen-bond acceptors (Lipinski definition) is 4. The average molecular weight is 379 g/mol. The maximum atomic E-state index is 13.3. The van der Waals surface area contributed by atoms with Gasteiger partial charge in [-0.15, -0.1) is 0 Å². The highest BCUT2D eigenvalue weighted by molar-refractivity contribution is 7.92. The number of nitrogens with two attached hydrogens (primary N) is 1. The Hall–Kier alpha value is -2.45. The van der Waals surface area contributed by atoms with E-state index in [4.69, 9.17) is 5.73 Å². The molecule has 26 heavy (non-hydrogen) atoms. The Labute approximate surface area is 152 Å². The number of rotatable bonds is 6. The van der Waals surface area contributed by atoms with E-state index >= 15 is 0 Å². The molecule has 0 aliphatic heterocycles. The summed E-state index contributed by atoms with van der Waals surface area (Å²) in [6.45, 7) is 5.38. The van der Waals surface area contributed by atoms with Gasteiger partial charge in [0.05, 0.1) is 4.90 Å². The summed E-state index contributed by atoms with van der Waals surface area (Å²) in [4.78, 5) is 12.1. The number of hydrogen-bond donors (Lipinski definition) is 3. The molecular formula is C18H22FN3O3S. The maximum absolute atomic E-state index is 13.3. The molecule has 0 aliphatic carbocycles. The molecule has 6 nitrogen and oxygen atoms in total. The van der Waals surface area contributed by atoms with Gasteiger partial charge in [0.1, 0.15) is 5.82 Å². The number of halogens is 1. The van der Waals surface area contributed by atoms with Gasteiger partial charge in [-0.3, -0.25) is 9.52 Å². The highest BCUT2D eigenvalue weighted by Crippen LogP contribution is 2.19. The van der Waals surface area contributed by atoms with Crippen molar-refractivity contribution in [3.63, 3.8) is 0 Å². The maximum Gasteiger partial charge on any atom is 0.261 e. The Balaban J connectivity index is 2.15. The Morgan fingerprint density at radius 1 is 1.15 bits per heavy atom. The molecule has 8 heteroatoms. The second-order valence-electron chi connectivity index (χ2n) is 6.64. The monoisotopic (exact) mass is 379 g/mol. The third-order valence-corrected chi connectivity index (χ3v) is 5.18. The standard InChI is InChI=1S/C18H22FN3O3S/c1-12-10-15(8-9-16(12)19)26(24,25)22-14-6-4-13(5-7-14)17(23)21-18(2,3)11-20/h4-10,22H,11,20H2,1-3H3,(H,21,23). The number of aryl methyl sites for hydroxylation is 1. The van der Waals surface area contributed by atoms with Crippen LogP contribution in [0.15, 0.2) is 47.4 Å². The van der Waals surface area contributed by atoms with Crippen molar-refractivity contribution in [3.8, 4) is 0 Å². The van der Waals surface area contributed by atoms with Gasteiger partial charge >= 0.3 is 0 Å². The van der Waals surface area contributed by atoms with Crippen molar-refractivity contribution in [3.05, 3.63) is 59.4 Å². The van der Waals surface area contributed by atoms with Crippen molar-refractivity contribution in [1.29, 1.82) is 0 Å². The topological polar surface area (TPSA) is 101 Å². The van der Waals surface area contributed by atoms with Crippen molar-refractivity contribution in [2.24, 2.45) is 5.73 Å². The minimum Gasteiger partial charge on any atom is -0.346 e. The summed E-state index contributed by atoms with van der Waals surface area (Å²) in [5.41, 5.74) is 5.96. The average Bonchev–Trinajstić information content (AvgIpc) is 2.57. The minimum atomic E-state index is -3.85. The molecule has 2 rings (SSSR count).